The van der Waals surface area contributed by atoms with Crippen LogP contribution in [0.4, 0.5) is 34.3 Å². The van der Waals surface area contributed by atoms with Gasteiger partial charge in [0.25, 0.3) is 0 Å². The first-order valence-electron chi connectivity index (χ1n) is 30.6. The van der Waals surface area contributed by atoms with Crippen LogP contribution in [0.25, 0.3) is 89.2 Å². The van der Waals surface area contributed by atoms with Crippen LogP contribution >= 0.6 is 0 Å². The van der Waals surface area contributed by atoms with Crippen molar-refractivity contribution in [1.82, 2.24) is 14.1 Å². The standard InChI is InChI=1S/C83H63N5O.Pt/c1-57-51-81(84-55-74(57)62-45-43-59(44-46-62)58-25-9-5-10-26-58)88-77-50-47-63(83(2,3)4)52-73(77)71-36-18-20-40-76(71)87(64-31-15-8-16-32-64)75-39-19-17-35-70(75)72-49-48-67(54-80(72)88)89-66-34-23-33-65(53-66)85-56-86(79-42-22-21-41-78(79)85)82-68(60-27-11-6-12-28-60)37-24-38-69(82)61-29-13-7-14-30-61;/h5-55H,1-4H3;. The van der Waals surface area contributed by atoms with E-state index in [-0.39, 0.29) is 5.41 Å². The Kier molecular flexibility index (Phi) is 14.6. The third kappa shape index (κ3) is 10.3. The zero-order valence-corrected chi connectivity index (χ0v) is 52.7. The number of aromatic nitrogens is 3. The molecular formula is C83H63N5OPt. The van der Waals surface area contributed by atoms with Crippen molar-refractivity contribution in [2.45, 2.75) is 33.1 Å². The van der Waals surface area contributed by atoms with E-state index in [4.69, 9.17) is 9.72 Å². The molecular weight excluding hydrogens is 1280 g/mol. The van der Waals surface area contributed by atoms with Gasteiger partial charge in [0, 0.05) is 23.0 Å². The molecule has 90 heavy (non-hydrogen) atoms. The fraction of sp³-hybridized carbons (Fsp3) is 0.0602. The summed E-state index contributed by atoms with van der Waals surface area (Å²) in [4.78, 5) is 10.3. The summed E-state index contributed by atoms with van der Waals surface area (Å²) in [6.45, 7) is 9.07. The predicted octanol–water partition coefficient (Wildman–Crippen LogP) is 22.5. The van der Waals surface area contributed by atoms with Gasteiger partial charge in [-0.25, -0.2) is 0 Å². The smallest absolute Gasteiger partial charge is 0.0622 e. The van der Waals surface area contributed by atoms with Crippen LogP contribution < -0.4 is 14.5 Å². The molecule has 2 aromatic heterocycles. The van der Waals surface area contributed by atoms with Gasteiger partial charge < -0.3 is 4.90 Å². The van der Waals surface area contributed by atoms with Crippen LogP contribution in [0.15, 0.2) is 310 Å². The first-order valence-corrected chi connectivity index (χ1v) is 31.7. The number of rotatable bonds is 10. The van der Waals surface area contributed by atoms with Crippen LogP contribution in [0, 0.1) is 10.7 Å². The summed E-state index contributed by atoms with van der Waals surface area (Å²) in [6.07, 6.45) is 2.05. The molecule has 0 fully saturated rings. The molecule has 15 rings (SSSR count). The first kappa shape index (κ1) is 55.9. The molecule has 0 aliphatic carbocycles. The number of aryl methyl sites for hydroxylation is 1. The molecule has 0 N–H and O–H groups in total. The summed E-state index contributed by atoms with van der Waals surface area (Å²) in [7, 11) is 0. The summed E-state index contributed by atoms with van der Waals surface area (Å²) >= 11 is 2.52. The van der Waals surface area contributed by atoms with Gasteiger partial charge in [0.2, 0.25) is 0 Å². The molecule has 0 amide bonds. The Morgan fingerprint density at radius 2 is 0.822 bits per heavy atom. The Bertz CT molecular complexity index is 4990. The van der Waals surface area contributed by atoms with Gasteiger partial charge in [-0.3, -0.25) is 0 Å². The van der Waals surface area contributed by atoms with E-state index < -0.39 is 0 Å². The number of anilines is 6. The van der Waals surface area contributed by atoms with Crippen LogP contribution in [0.3, 0.4) is 0 Å². The second-order valence-corrected chi connectivity index (χ2v) is 25.0. The number of hydrogen-bond donors (Lipinski definition) is 0. The Labute approximate surface area is 536 Å². The molecule has 0 unspecified atom stereocenters. The number of pyridine rings is 1. The van der Waals surface area contributed by atoms with E-state index in [1.54, 1.807) is 0 Å². The van der Waals surface area contributed by atoms with Gasteiger partial charge >= 0.3 is 306 Å². The summed E-state index contributed by atoms with van der Waals surface area (Å²) < 4.78 is 13.1. The van der Waals surface area contributed by atoms with Crippen LogP contribution in [0.5, 0.6) is 11.5 Å². The van der Waals surface area contributed by atoms with Crippen molar-refractivity contribution in [1.29, 1.82) is 0 Å². The van der Waals surface area contributed by atoms with Crippen LogP contribution in [-0.4, -0.2) is 14.1 Å². The summed E-state index contributed by atoms with van der Waals surface area (Å²) in [5.74, 6) is 2.16. The number of para-hydroxylation sites is 6. The monoisotopic (exact) mass is 1340 g/mol. The Balaban J connectivity index is 0.919. The van der Waals surface area contributed by atoms with Gasteiger partial charge in [0.15, 0.2) is 0 Å². The molecule has 436 valence electrons. The van der Waals surface area contributed by atoms with E-state index in [1.807, 2.05) is 6.20 Å². The molecule has 0 spiro atoms. The number of benzene rings is 12. The molecule has 0 saturated carbocycles. The van der Waals surface area contributed by atoms with Gasteiger partial charge in [0.1, 0.15) is 0 Å². The van der Waals surface area contributed by atoms with Gasteiger partial charge in [-0.05, 0) is 70.5 Å². The summed E-state index contributed by atoms with van der Waals surface area (Å²) in [5.41, 5.74) is 24.9. The molecule has 0 atom stereocenters. The molecule has 7 heteroatoms. The molecule has 3 heterocycles. The van der Waals surface area contributed by atoms with Crippen molar-refractivity contribution in [2.24, 2.45) is 0 Å². The molecule has 12 aromatic carbocycles. The second kappa shape index (κ2) is 23.5. The first-order chi connectivity index (χ1) is 44.1. The second-order valence-electron chi connectivity index (χ2n) is 23.9. The quantitative estimate of drug-likeness (QED) is 0.137. The van der Waals surface area contributed by atoms with Crippen molar-refractivity contribution in [3.05, 3.63) is 324 Å². The minimum atomic E-state index is -0.154. The van der Waals surface area contributed by atoms with Gasteiger partial charge in [-0.1, -0.05) is 130 Å². The van der Waals surface area contributed by atoms with Crippen molar-refractivity contribution < 1.29 is 24.1 Å². The number of ether oxygens (including phenoxy) is 1. The minimum absolute atomic E-state index is 0.154. The van der Waals surface area contributed by atoms with Gasteiger partial charge in [-0.15, -0.1) is 0 Å². The molecule has 14 aromatic rings. The molecule has 1 aliphatic rings. The van der Waals surface area contributed by atoms with E-state index in [9.17, 15) is 0 Å². The van der Waals surface area contributed by atoms with Gasteiger partial charge in [0.05, 0.1) is 5.69 Å². The Morgan fingerprint density at radius 3 is 1.46 bits per heavy atom. The van der Waals surface area contributed by atoms with Crippen LogP contribution in [-0.2, 0) is 24.8 Å². The third-order valence-electron chi connectivity index (χ3n) is 17.3. The molecule has 0 saturated heterocycles. The molecule has 6 nitrogen and oxygen atoms in total. The van der Waals surface area contributed by atoms with Crippen molar-refractivity contribution in [3.63, 3.8) is 0 Å². The topological polar surface area (TPSA) is 38.5 Å². The molecule has 1 aliphatic heterocycles. The Morgan fingerprint density at radius 1 is 0.344 bits per heavy atom. The van der Waals surface area contributed by atoms with Crippen molar-refractivity contribution in [2.75, 3.05) is 9.80 Å². The van der Waals surface area contributed by atoms with E-state index in [0.29, 0.717) is 11.5 Å². The van der Waals surface area contributed by atoms with E-state index >= 15 is 0 Å². The average molecular weight is 1340 g/mol. The SMILES string of the molecule is Cc1cc(N2c3ccc(C(C)(C)C)cc3-c3ccccc3N(c3ccccc3)c3ccccc3-c3ccc(Oc4cccc(-n5[c](=[Pt])n(-c6c(-c7ccccc7)cccc6-c6ccccc6)c6ccccc65)c4)cc32)ncc1-c1ccc(-c2ccccc2)cc1. The van der Waals surface area contributed by atoms with Crippen molar-refractivity contribution >= 4 is 45.3 Å². The predicted molar refractivity (Wildman–Crippen MR) is 369 cm³/mol. The van der Waals surface area contributed by atoms with E-state index in [1.165, 1.54) is 16.7 Å². The van der Waals surface area contributed by atoms with Crippen molar-refractivity contribution in [3.8, 4) is 89.6 Å². The Hall–Kier alpha value is -10.7. The summed E-state index contributed by atoms with van der Waals surface area (Å²) in [5, 5.41) is 0. The maximum absolute atomic E-state index is 7.26. The zero-order chi connectivity index (χ0) is 60.9. The van der Waals surface area contributed by atoms with Crippen LogP contribution in [0.1, 0.15) is 31.9 Å². The number of imidazole rings is 1. The average Bonchev–Trinajstić information content (AvgIpc) is 1.43. The third-order valence-corrected chi connectivity index (χ3v) is 18.3. The number of hydrogen-bond acceptors (Lipinski definition) is 4. The van der Waals surface area contributed by atoms with Gasteiger partial charge in [-0.2, -0.15) is 0 Å². The molecule has 0 bridgehead atoms. The van der Waals surface area contributed by atoms with E-state index in [2.05, 4.69) is 369 Å². The minimum Gasteiger partial charge on any atom is -0.0622 e. The van der Waals surface area contributed by atoms with E-state index in [0.717, 1.165) is 122 Å². The fourth-order valence-electron chi connectivity index (χ4n) is 12.9. The number of nitrogens with zero attached hydrogens (tertiary/aromatic N) is 5. The van der Waals surface area contributed by atoms with Crippen LogP contribution in [0.2, 0.25) is 0 Å². The zero-order valence-electron chi connectivity index (χ0n) is 50.4. The normalized spacial score (nSPS) is 12.0. The fourth-order valence-corrected chi connectivity index (χ4v) is 14.0. The maximum atomic E-state index is 7.26. The molecule has 0 radical (unpaired) electrons. The summed E-state index contributed by atoms with van der Waals surface area (Å²) in [6, 6.07) is 109. The number of fused-ring (bicyclic) bond motifs is 7.